The molecule has 28 heavy (non-hydrogen) atoms. The Morgan fingerprint density at radius 3 is 2.75 bits per heavy atom. The molecule has 0 aliphatic carbocycles. The first-order chi connectivity index (χ1) is 13.3. The number of benzene rings is 1. The number of carboxylic acid groups (broad SMARTS) is 1. The van der Waals surface area contributed by atoms with Crippen molar-refractivity contribution in [3.8, 4) is 0 Å². The topological polar surface area (TPSA) is 110 Å². The first-order valence-electron chi connectivity index (χ1n) is 9.53. The predicted octanol–water partition coefficient (Wildman–Crippen LogP) is 1.05. The van der Waals surface area contributed by atoms with Gasteiger partial charge in [-0.05, 0) is 55.4 Å². The van der Waals surface area contributed by atoms with Crippen LogP contribution in [0.5, 0.6) is 0 Å². The molecule has 1 aromatic carbocycles. The van der Waals surface area contributed by atoms with Gasteiger partial charge >= 0.3 is 13.1 Å². The monoisotopic (exact) mass is 410 g/mol. The molecule has 0 amide bonds. The first-order valence-corrected chi connectivity index (χ1v) is 9.91. The Bertz CT molecular complexity index is 676. The standard InChI is InChI=1S/C10H10ClNO.C9H18BNO4/c11-9-2-1-7-4-10(6-13)12-5-8(7)3-9;1-11-5-7(3-2-4-10(14)15)8(6-11)9(12)13/h1-3,6,10,12H,4-5H2;7-8,14-15H,2-6H2,1H3,(H,12,13). The van der Waals surface area contributed by atoms with E-state index in [1.807, 2.05) is 30.1 Å². The maximum absolute atomic E-state index is 10.9. The van der Waals surface area contributed by atoms with Gasteiger partial charge in [-0.25, -0.2) is 0 Å². The smallest absolute Gasteiger partial charge is 0.451 e. The van der Waals surface area contributed by atoms with Crippen molar-refractivity contribution in [2.75, 3.05) is 20.1 Å². The minimum absolute atomic E-state index is 0.0336. The van der Waals surface area contributed by atoms with E-state index in [0.29, 0.717) is 19.3 Å². The molecule has 2 aliphatic heterocycles. The van der Waals surface area contributed by atoms with E-state index in [9.17, 15) is 9.59 Å². The molecule has 9 heteroatoms. The quantitative estimate of drug-likeness (QED) is 0.410. The van der Waals surface area contributed by atoms with Crippen molar-refractivity contribution in [1.82, 2.24) is 10.2 Å². The average molecular weight is 411 g/mol. The summed E-state index contributed by atoms with van der Waals surface area (Å²) in [6, 6.07) is 5.78. The number of rotatable bonds is 6. The number of aliphatic carboxylic acids is 1. The molecule has 7 nitrogen and oxygen atoms in total. The molecule has 1 aromatic rings. The van der Waals surface area contributed by atoms with Crippen LogP contribution >= 0.6 is 11.6 Å². The molecule has 154 valence electrons. The van der Waals surface area contributed by atoms with Gasteiger partial charge in [-0.1, -0.05) is 24.1 Å². The summed E-state index contributed by atoms with van der Waals surface area (Å²) in [6.45, 7) is 2.12. The second kappa shape index (κ2) is 10.9. The third-order valence-electron chi connectivity index (χ3n) is 5.31. The maximum atomic E-state index is 10.9. The lowest BCUT2D eigenvalue weighted by Gasteiger charge is -2.21. The van der Waals surface area contributed by atoms with Gasteiger partial charge in [-0.15, -0.1) is 0 Å². The Balaban J connectivity index is 0.000000202. The summed E-state index contributed by atoms with van der Waals surface area (Å²) in [5.41, 5.74) is 2.42. The number of carboxylic acids is 1. The highest BCUT2D eigenvalue weighted by atomic mass is 35.5. The molecule has 3 unspecified atom stereocenters. The summed E-state index contributed by atoms with van der Waals surface area (Å²) >= 11 is 5.85. The lowest BCUT2D eigenvalue weighted by molar-refractivity contribution is -0.142. The predicted molar refractivity (Wildman–Crippen MR) is 108 cm³/mol. The zero-order valence-corrected chi connectivity index (χ0v) is 16.8. The number of aldehydes is 1. The zero-order valence-electron chi connectivity index (χ0n) is 16.1. The van der Waals surface area contributed by atoms with Crippen molar-refractivity contribution in [2.45, 2.75) is 38.2 Å². The molecule has 1 saturated heterocycles. The van der Waals surface area contributed by atoms with E-state index in [-0.39, 0.29) is 17.9 Å². The van der Waals surface area contributed by atoms with Crippen LogP contribution in [-0.4, -0.2) is 65.6 Å². The molecule has 2 heterocycles. The lowest BCUT2D eigenvalue weighted by atomic mass is 9.80. The van der Waals surface area contributed by atoms with Crippen LogP contribution in [-0.2, 0) is 22.6 Å². The summed E-state index contributed by atoms with van der Waals surface area (Å²) in [7, 11) is 0.643. The van der Waals surface area contributed by atoms with E-state index in [2.05, 4.69) is 5.32 Å². The van der Waals surface area contributed by atoms with Gasteiger partial charge in [0.15, 0.2) is 0 Å². The highest BCUT2D eigenvalue weighted by Gasteiger charge is 2.35. The third kappa shape index (κ3) is 6.86. The van der Waals surface area contributed by atoms with Crippen LogP contribution in [0.25, 0.3) is 0 Å². The van der Waals surface area contributed by atoms with E-state index in [1.165, 1.54) is 11.1 Å². The fourth-order valence-electron chi connectivity index (χ4n) is 3.83. The highest BCUT2D eigenvalue weighted by Crippen LogP contribution is 2.27. The third-order valence-corrected chi connectivity index (χ3v) is 5.54. The molecular weight excluding hydrogens is 382 g/mol. The van der Waals surface area contributed by atoms with Crippen LogP contribution in [0.1, 0.15) is 24.0 Å². The van der Waals surface area contributed by atoms with Gasteiger partial charge in [-0.3, -0.25) is 4.79 Å². The highest BCUT2D eigenvalue weighted by molar-refractivity contribution is 6.40. The Labute approximate surface area is 170 Å². The van der Waals surface area contributed by atoms with E-state index < -0.39 is 13.1 Å². The van der Waals surface area contributed by atoms with E-state index in [1.54, 1.807) is 0 Å². The van der Waals surface area contributed by atoms with Gasteiger partial charge in [0.2, 0.25) is 0 Å². The van der Waals surface area contributed by atoms with Gasteiger partial charge in [-0.2, -0.15) is 0 Å². The van der Waals surface area contributed by atoms with Gasteiger partial charge in [0.1, 0.15) is 6.29 Å². The fourth-order valence-corrected chi connectivity index (χ4v) is 4.02. The molecule has 4 N–H and O–H groups in total. The van der Waals surface area contributed by atoms with Gasteiger partial charge in [0.25, 0.3) is 0 Å². The Kier molecular flexibility index (Phi) is 8.91. The number of hydrogen-bond acceptors (Lipinski definition) is 6. The molecule has 0 bridgehead atoms. The molecule has 1 fully saturated rings. The van der Waals surface area contributed by atoms with E-state index in [0.717, 1.165) is 37.2 Å². The molecular formula is C19H28BClN2O5. The molecule has 0 aromatic heterocycles. The van der Waals surface area contributed by atoms with Crippen LogP contribution in [0.2, 0.25) is 11.3 Å². The molecule has 3 rings (SSSR count). The number of carbonyl (C=O) groups excluding carboxylic acids is 1. The number of nitrogens with zero attached hydrogens (tertiary/aromatic N) is 1. The zero-order chi connectivity index (χ0) is 20.7. The second-order valence-electron chi connectivity index (χ2n) is 7.58. The number of nitrogens with one attached hydrogen (secondary N) is 1. The molecule has 0 radical (unpaired) electrons. The Morgan fingerprint density at radius 2 is 2.11 bits per heavy atom. The van der Waals surface area contributed by atoms with Crippen molar-refractivity contribution in [1.29, 1.82) is 0 Å². The minimum atomic E-state index is -1.27. The van der Waals surface area contributed by atoms with Crippen LogP contribution in [0.3, 0.4) is 0 Å². The summed E-state index contributed by atoms with van der Waals surface area (Å²) in [5, 5.41) is 30.2. The number of carbonyl (C=O) groups is 2. The number of hydrogen-bond donors (Lipinski definition) is 4. The maximum Gasteiger partial charge on any atom is 0.451 e. The lowest BCUT2D eigenvalue weighted by Crippen LogP contribution is -2.36. The largest absolute Gasteiger partial charge is 0.481 e. The van der Waals surface area contributed by atoms with Crippen molar-refractivity contribution in [3.05, 3.63) is 34.3 Å². The Morgan fingerprint density at radius 1 is 1.36 bits per heavy atom. The molecule has 0 spiro atoms. The van der Waals surface area contributed by atoms with Crippen LogP contribution < -0.4 is 5.32 Å². The SMILES string of the molecule is CN1CC(CCCB(O)O)C(C(=O)O)C1.O=CC1Cc2ccc(Cl)cc2CN1. The molecule has 3 atom stereocenters. The van der Waals surface area contributed by atoms with E-state index in [4.69, 9.17) is 26.8 Å². The molecule has 2 aliphatic rings. The van der Waals surface area contributed by atoms with Gasteiger partial charge in [0.05, 0.1) is 12.0 Å². The normalized spacial score (nSPS) is 24.1. The van der Waals surface area contributed by atoms with Crippen LogP contribution in [0, 0.1) is 11.8 Å². The van der Waals surface area contributed by atoms with Gasteiger partial charge in [0, 0.05) is 24.7 Å². The van der Waals surface area contributed by atoms with Crippen molar-refractivity contribution >= 4 is 31.0 Å². The van der Waals surface area contributed by atoms with Crippen LogP contribution in [0.15, 0.2) is 18.2 Å². The number of fused-ring (bicyclic) bond motifs is 1. The van der Waals surface area contributed by atoms with E-state index >= 15 is 0 Å². The average Bonchev–Trinajstić information content (AvgIpc) is 3.02. The molecule has 0 saturated carbocycles. The Hall–Kier alpha value is -1.45. The first kappa shape index (κ1) is 22.8. The van der Waals surface area contributed by atoms with Crippen LogP contribution in [0.4, 0.5) is 0 Å². The number of halogens is 1. The van der Waals surface area contributed by atoms with Gasteiger partial charge < -0.3 is 30.2 Å². The number of likely N-dealkylation sites (tertiary alicyclic amines) is 1. The van der Waals surface area contributed by atoms with Crippen molar-refractivity contribution < 1.29 is 24.7 Å². The second-order valence-corrected chi connectivity index (χ2v) is 8.01. The van der Waals surface area contributed by atoms with Crippen molar-refractivity contribution in [3.63, 3.8) is 0 Å². The minimum Gasteiger partial charge on any atom is -0.481 e. The summed E-state index contributed by atoms with van der Waals surface area (Å²) in [4.78, 5) is 23.5. The van der Waals surface area contributed by atoms with Crippen molar-refractivity contribution in [2.24, 2.45) is 11.8 Å². The fraction of sp³-hybridized carbons (Fsp3) is 0.579. The summed E-state index contributed by atoms with van der Waals surface area (Å²) in [5.74, 6) is -0.897. The summed E-state index contributed by atoms with van der Waals surface area (Å²) < 4.78 is 0. The summed E-state index contributed by atoms with van der Waals surface area (Å²) in [6.07, 6.45) is 3.47.